The molecular weight excluding hydrogens is 378 g/mol. The molecule has 4 rings (SSSR count). The Labute approximate surface area is 175 Å². The quantitative estimate of drug-likeness (QED) is 0.474. The third-order valence-electron chi connectivity index (χ3n) is 5.45. The zero-order valence-corrected chi connectivity index (χ0v) is 17.8. The van der Waals surface area contributed by atoms with Crippen molar-refractivity contribution in [3.63, 3.8) is 0 Å². The minimum absolute atomic E-state index is 0.274. The molecule has 2 heterocycles. The minimum Gasteiger partial charge on any atom is -0.497 e. The summed E-state index contributed by atoms with van der Waals surface area (Å²) in [5.41, 5.74) is 5.12. The number of benzene rings is 2. The molecule has 154 valence electrons. The molecule has 0 bridgehead atoms. The highest BCUT2D eigenvalue weighted by Gasteiger charge is 2.18. The lowest BCUT2D eigenvalue weighted by Crippen LogP contribution is -2.26. The molecule has 0 radical (unpaired) electrons. The maximum atomic E-state index is 12.0. The second-order valence-corrected chi connectivity index (χ2v) is 7.60. The molecule has 30 heavy (non-hydrogen) atoms. The van der Waals surface area contributed by atoms with E-state index in [1.54, 1.807) is 13.2 Å². The lowest BCUT2D eigenvalue weighted by Gasteiger charge is -2.26. The van der Waals surface area contributed by atoms with Gasteiger partial charge < -0.3 is 19.4 Å². The molecule has 0 saturated carbocycles. The van der Waals surface area contributed by atoms with Crippen molar-refractivity contribution in [2.24, 2.45) is 0 Å². The first-order valence-electron chi connectivity index (χ1n) is 9.84. The Morgan fingerprint density at radius 3 is 2.53 bits per heavy atom. The van der Waals surface area contributed by atoms with E-state index < -0.39 is 0 Å². The number of rotatable bonds is 5. The Balaban J connectivity index is 1.93. The molecule has 6 heteroatoms. The van der Waals surface area contributed by atoms with Gasteiger partial charge in [-0.25, -0.2) is 9.78 Å². The van der Waals surface area contributed by atoms with Crippen molar-refractivity contribution in [3.05, 3.63) is 54.1 Å². The highest BCUT2D eigenvalue weighted by molar-refractivity contribution is 5.97. The molecule has 2 aromatic heterocycles. The van der Waals surface area contributed by atoms with Crippen LogP contribution in [0.5, 0.6) is 5.75 Å². The van der Waals surface area contributed by atoms with E-state index in [4.69, 9.17) is 14.5 Å². The Morgan fingerprint density at radius 1 is 1.03 bits per heavy atom. The summed E-state index contributed by atoms with van der Waals surface area (Å²) in [6.07, 6.45) is 0. The summed E-state index contributed by atoms with van der Waals surface area (Å²) in [7, 11) is 5.10. The Kier molecular flexibility index (Phi) is 5.08. The first kappa shape index (κ1) is 19.8. The number of aromatic amines is 1. The number of methoxy groups -OCH3 is 2. The highest BCUT2D eigenvalue weighted by Crippen LogP contribution is 2.35. The Morgan fingerprint density at radius 2 is 1.83 bits per heavy atom. The molecule has 0 unspecified atom stereocenters. The summed E-state index contributed by atoms with van der Waals surface area (Å²) in [4.78, 5) is 22.6. The number of hydrogen-bond donors (Lipinski definition) is 1. The first-order chi connectivity index (χ1) is 14.4. The first-order valence-corrected chi connectivity index (χ1v) is 9.84. The van der Waals surface area contributed by atoms with Crippen LogP contribution in [0.1, 0.15) is 24.2 Å². The monoisotopic (exact) mass is 403 g/mol. The summed E-state index contributed by atoms with van der Waals surface area (Å²) in [6, 6.07) is 15.8. The van der Waals surface area contributed by atoms with Gasteiger partial charge in [0.05, 0.1) is 36.7 Å². The normalized spacial score (nSPS) is 11.3. The van der Waals surface area contributed by atoms with Crippen LogP contribution < -0.4 is 9.64 Å². The number of H-pyrrole nitrogens is 1. The van der Waals surface area contributed by atoms with E-state index in [9.17, 15) is 4.79 Å². The number of hydrogen-bond acceptors (Lipinski definition) is 5. The van der Waals surface area contributed by atoms with Crippen molar-refractivity contribution in [1.82, 2.24) is 9.97 Å². The number of anilines is 1. The van der Waals surface area contributed by atoms with Gasteiger partial charge in [0.2, 0.25) is 0 Å². The number of carbonyl (C=O) groups is 1. The molecule has 0 aliphatic rings. The molecule has 4 aromatic rings. The highest BCUT2D eigenvalue weighted by atomic mass is 16.5. The minimum atomic E-state index is -0.357. The van der Waals surface area contributed by atoms with E-state index in [2.05, 4.69) is 35.9 Å². The number of aromatic nitrogens is 2. The number of ether oxygens (including phenoxy) is 2. The standard InChI is InChI=1S/C24H25N3O3/c1-14(2)27(3)22-13-16-10-15(24(28)30-5)6-8-20(16)26-23(22)21-12-17-11-18(29-4)7-9-19(17)25-21/h6-14,25H,1-5H3. The average molecular weight is 403 g/mol. The fourth-order valence-corrected chi connectivity index (χ4v) is 3.52. The Hall–Kier alpha value is -3.54. The van der Waals surface area contributed by atoms with Crippen LogP contribution in [0.15, 0.2) is 48.5 Å². The molecule has 0 spiro atoms. The van der Waals surface area contributed by atoms with Gasteiger partial charge in [-0.3, -0.25) is 0 Å². The largest absolute Gasteiger partial charge is 0.497 e. The van der Waals surface area contributed by atoms with Crippen LogP contribution >= 0.6 is 0 Å². The van der Waals surface area contributed by atoms with Crippen LogP contribution in [0, 0.1) is 0 Å². The molecule has 2 aromatic carbocycles. The zero-order chi connectivity index (χ0) is 21.4. The summed E-state index contributed by atoms with van der Waals surface area (Å²) in [5.74, 6) is 0.457. The lowest BCUT2D eigenvalue weighted by atomic mass is 10.1. The van der Waals surface area contributed by atoms with Crippen LogP contribution in [0.25, 0.3) is 33.2 Å². The number of pyridine rings is 1. The molecule has 0 fully saturated rings. The number of nitrogens with one attached hydrogen (secondary N) is 1. The van der Waals surface area contributed by atoms with Crippen LogP contribution in [-0.4, -0.2) is 43.2 Å². The van der Waals surface area contributed by atoms with Crippen molar-refractivity contribution < 1.29 is 14.3 Å². The van der Waals surface area contributed by atoms with E-state index in [0.29, 0.717) is 5.56 Å². The van der Waals surface area contributed by atoms with Gasteiger partial charge in [-0.15, -0.1) is 0 Å². The number of fused-ring (bicyclic) bond motifs is 2. The van der Waals surface area contributed by atoms with Gasteiger partial charge in [-0.2, -0.15) is 0 Å². The van der Waals surface area contributed by atoms with E-state index in [1.165, 1.54) is 7.11 Å². The maximum absolute atomic E-state index is 12.0. The third-order valence-corrected chi connectivity index (χ3v) is 5.45. The second-order valence-electron chi connectivity index (χ2n) is 7.60. The van der Waals surface area contributed by atoms with Crippen molar-refractivity contribution in [3.8, 4) is 17.1 Å². The van der Waals surface area contributed by atoms with Crippen molar-refractivity contribution in [2.45, 2.75) is 19.9 Å². The topological polar surface area (TPSA) is 67.5 Å². The number of nitrogens with zero attached hydrogens (tertiary/aromatic N) is 2. The molecule has 0 saturated heterocycles. The maximum Gasteiger partial charge on any atom is 0.337 e. The van der Waals surface area contributed by atoms with Gasteiger partial charge in [0, 0.05) is 29.4 Å². The van der Waals surface area contributed by atoms with E-state index in [1.807, 2.05) is 37.4 Å². The second kappa shape index (κ2) is 7.71. The van der Waals surface area contributed by atoms with Crippen LogP contribution in [0.4, 0.5) is 5.69 Å². The summed E-state index contributed by atoms with van der Waals surface area (Å²) in [6.45, 7) is 4.27. The van der Waals surface area contributed by atoms with Gasteiger partial charge >= 0.3 is 5.97 Å². The van der Waals surface area contributed by atoms with E-state index in [0.717, 1.165) is 44.6 Å². The molecule has 0 aliphatic heterocycles. The van der Waals surface area contributed by atoms with Gasteiger partial charge in [0.15, 0.2) is 0 Å². The molecule has 0 amide bonds. The van der Waals surface area contributed by atoms with Crippen LogP contribution in [0.2, 0.25) is 0 Å². The van der Waals surface area contributed by atoms with Crippen molar-refractivity contribution in [2.75, 3.05) is 26.2 Å². The van der Waals surface area contributed by atoms with E-state index >= 15 is 0 Å². The molecular formula is C24H25N3O3. The molecule has 0 aliphatic carbocycles. The number of esters is 1. The van der Waals surface area contributed by atoms with Gasteiger partial charge in [0.25, 0.3) is 0 Å². The number of carbonyl (C=O) groups excluding carboxylic acids is 1. The predicted molar refractivity (Wildman–Crippen MR) is 120 cm³/mol. The average Bonchev–Trinajstić information content (AvgIpc) is 3.19. The summed E-state index contributed by atoms with van der Waals surface area (Å²) in [5, 5.41) is 1.95. The SMILES string of the molecule is COC(=O)c1ccc2nc(-c3cc4cc(OC)ccc4[nH]3)c(N(C)C(C)C)cc2c1. The van der Waals surface area contributed by atoms with Crippen molar-refractivity contribution in [1.29, 1.82) is 0 Å². The lowest BCUT2D eigenvalue weighted by molar-refractivity contribution is 0.0601. The smallest absolute Gasteiger partial charge is 0.337 e. The Bertz CT molecular complexity index is 1240. The third kappa shape index (κ3) is 3.45. The molecule has 6 nitrogen and oxygen atoms in total. The van der Waals surface area contributed by atoms with Gasteiger partial charge in [0.1, 0.15) is 11.4 Å². The van der Waals surface area contributed by atoms with Crippen LogP contribution in [-0.2, 0) is 4.74 Å². The fourth-order valence-electron chi connectivity index (χ4n) is 3.52. The molecule has 0 atom stereocenters. The van der Waals surface area contributed by atoms with Gasteiger partial charge in [-0.05, 0) is 62.4 Å². The summed E-state index contributed by atoms with van der Waals surface area (Å²) < 4.78 is 10.2. The molecule has 1 N–H and O–H groups in total. The van der Waals surface area contributed by atoms with Crippen molar-refractivity contribution >= 4 is 33.5 Å². The summed E-state index contributed by atoms with van der Waals surface area (Å²) >= 11 is 0. The van der Waals surface area contributed by atoms with Gasteiger partial charge in [-0.1, -0.05) is 0 Å². The van der Waals surface area contributed by atoms with Crippen LogP contribution in [0.3, 0.4) is 0 Å². The fraction of sp³-hybridized carbons (Fsp3) is 0.250. The van der Waals surface area contributed by atoms with E-state index in [-0.39, 0.29) is 12.0 Å². The zero-order valence-electron chi connectivity index (χ0n) is 17.8. The predicted octanol–water partition coefficient (Wildman–Crippen LogP) is 5.02.